The summed E-state index contributed by atoms with van der Waals surface area (Å²) in [5, 5.41) is 20.0. The van der Waals surface area contributed by atoms with Crippen molar-refractivity contribution in [3.63, 3.8) is 0 Å². The van der Waals surface area contributed by atoms with E-state index in [1.165, 1.54) is 0 Å². The molecule has 2 heterocycles. The molecule has 1 aliphatic carbocycles. The van der Waals surface area contributed by atoms with E-state index < -0.39 is 11.6 Å². The van der Waals surface area contributed by atoms with Gasteiger partial charge in [-0.25, -0.2) is 4.79 Å². The molecule has 6 heteroatoms. The number of aliphatic hydroxyl groups is 1. The Kier molecular flexibility index (Phi) is 3.72. The Morgan fingerprint density at radius 2 is 1.84 bits per heavy atom. The third kappa shape index (κ3) is 2.87. The van der Waals surface area contributed by atoms with Crippen LogP contribution in [-0.2, 0) is 4.79 Å². The third-order valence-corrected chi connectivity index (χ3v) is 5.24. The van der Waals surface area contributed by atoms with Gasteiger partial charge in [0.2, 0.25) is 0 Å². The number of likely N-dealkylation sites (tertiary alicyclic amines) is 1. The zero-order valence-corrected chi connectivity index (χ0v) is 13.8. The van der Waals surface area contributed by atoms with Crippen LogP contribution in [0.5, 0.6) is 0 Å². The van der Waals surface area contributed by atoms with Crippen molar-refractivity contribution in [1.82, 2.24) is 9.88 Å². The van der Waals surface area contributed by atoms with E-state index in [9.17, 15) is 14.7 Å². The number of aromatic nitrogens is 1. The number of amides is 1. The molecule has 0 atom stereocenters. The van der Waals surface area contributed by atoms with Gasteiger partial charge in [0.25, 0.3) is 5.91 Å². The summed E-state index contributed by atoms with van der Waals surface area (Å²) >= 11 is 0. The van der Waals surface area contributed by atoms with Crippen LogP contribution in [-0.4, -0.2) is 50.7 Å². The van der Waals surface area contributed by atoms with Crippen LogP contribution in [0.1, 0.15) is 47.7 Å². The van der Waals surface area contributed by atoms with Crippen LogP contribution in [0.4, 0.5) is 0 Å². The molecule has 0 unspecified atom stereocenters. The molecule has 0 radical (unpaired) electrons. The maximum atomic E-state index is 13.1. The van der Waals surface area contributed by atoms with Gasteiger partial charge in [0, 0.05) is 42.9 Å². The number of hydrogen-bond donors (Lipinski definition) is 2. The Morgan fingerprint density at radius 3 is 2.48 bits per heavy atom. The minimum atomic E-state index is -1.73. The van der Waals surface area contributed by atoms with Crippen molar-refractivity contribution in [2.45, 2.75) is 37.2 Å². The number of carbonyl (C=O) groups is 2. The predicted molar refractivity (Wildman–Crippen MR) is 91.4 cm³/mol. The molecule has 1 aromatic heterocycles. The van der Waals surface area contributed by atoms with E-state index >= 15 is 0 Å². The fourth-order valence-electron chi connectivity index (χ4n) is 3.43. The number of carbonyl (C=O) groups excluding carboxylic acids is 1. The highest BCUT2D eigenvalue weighted by molar-refractivity contribution is 6.06. The highest BCUT2D eigenvalue weighted by Gasteiger charge is 2.40. The van der Waals surface area contributed by atoms with E-state index in [1.54, 1.807) is 4.90 Å². The quantitative estimate of drug-likeness (QED) is 0.893. The largest absolute Gasteiger partial charge is 0.479 e. The van der Waals surface area contributed by atoms with Gasteiger partial charge in [0.05, 0.1) is 11.1 Å². The molecule has 2 aromatic rings. The number of nitrogens with zero attached hydrogens (tertiary/aromatic N) is 2. The number of carboxylic acid groups (broad SMARTS) is 1. The number of carboxylic acids is 1. The summed E-state index contributed by atoms with van der Waals surface area (Å²) in [6.45, 7) is 0.466. The van der Waals surface area contributed by atoms with Crippen molar-refractivity contribution in [2.24, 2.45) is 0 Å². The molecular formula is C19H20N2O4. The van der Waals surface area contributed by atoms with Crippen LogP contribution in [0, 0.1) is 0 Å². The Labute approximate surface area is 145 Å². The van der Waals surface area contributed by atoms with E-state index in [1.807, 2.05) is 30.3 Å². The second kappa shape index (κ2) is 5.81. The first kappa shape index (κ1) is 16.0. The number of piperidine rings is 1. The first-order valence-corrected chi connectivity index (χ1v) is 8.63. The van der Waals surface area contributed by atoms with Crippen LogP contribution >= 0.6 is 0 Å². The van der Waals surface area contributed by atoms with Gasteiger partial charge in [-0.3, -0.25) is 9.78 Å². The minimum absolute atomic E-state index is 0.0482. The van der Waals surface area contributed by atoms with Crippen LogP contribution in [0.25, 0.3) is 10.9 Å². The maximum absolute atomic E-state index is 13.1. The number of aliphatic carboxylic acids is 1. The van der Waals surface area contributed by atoms with Crippen molar-refractivity contribution in [1.29, 1.82) is 0 Å². The standard InChI is InChI=1S/C19H20N2O4/c22-17(21-9-7-19(25,8-10-21)18(23)24)14-11-16(12-5-6-12)20-15-4-2-1-3-13(14)15/h1-4,11-12,25H,5-10H2,(H,23,24). The average molecular weight is 340 g/mol. The Morgan fingerprint density at radius 1 is 1.16 bits per heavy atom. The van der Waals surface area contributed by atoms with E-state index in [0.717, 1.165) is 29.4 Å². The van der Waals surface area contributed by atoms with Gasteiger partial charge in [-0.2, -0.15) is 0 Å². The highest BCUT2D eigenvalue weighted by atomic mass is 16.4. The summed E-state index contributed by atoms with van der Waals surface area (Å²) in [6, 6.07) is 9.49. The molecular weight excluding hydrogens is 320 g/mol. The lowest BCUT2D eigenvalue weighted by atomic mass is 9.91. The SMILES string of the molecule is O=C(c1cc(C2CC2)nc2ccccc12)N1CCC(O)(C(=O)O)CC1. The molecule has 2 fully saturated rings. The Balaban J connectivity index is 1.65. The number of para-hydroxylation sites is 1. The normalized spacial score (nSPS) is 19.8. The van der Waals surface area contributed by atoms with Crippen LogP contribution in [0.2, 0.25) is 0 Å². The van der Waals surface area contributed by atoms with Crippen molar-refractivity contribution in [2.75, 3.05) is 13.1 Å². The fourth-order valence-corrected chi connectivity index (χ4v) is 3.43. The lowest BCUT2D eigenvalue weighted by molar-refractivity contribution is -0.162. The molecule has 25 heavy (non-hydrogen) atoms. The summed E-state index contributed by atoms with van der Waals surface area (Å²) in [4.78, 5) is 30.5. The third-order valence-electron chi connectivity index (χ3n) is 5.24. The van der Waals surface area contributed by atoms with Crippen molar-refractivity contribution in [3.05, 3.63) is 41.6 Å². The number of pyridine rings is 1. The maximum Gasteiger partial charge on any atom is 0.335 e. The van der Waals surface area contributed by atoms with Gasteiger partial charge in [-0.1, -0.05) is 18.2 Å². The van der Waals surface area contributed by atoms with Gasteiger partial charge in [0.1, 0.15) is 0 Å². The van der Waals surface area contributed by atoms with Crippen molar-refractivity contribution >= 4 is 22.8 Å². The van der Waals surface area contributed by atoms with Crippen LogP contribution in [0.3, 0.4) is 0 Å². The Hall–Kier alpha value is -2.47. The minimum Gasteiger partial charge on any atom is -0.479 e. The second-order valence-corrected chi connectivity index (χ2v) is 7.02. The number of fused-ring (bicyclic) bond motifs is 1. The molecule has 4 rings (SSSR count). The van der Waals surface area contributed by atoms with Gasteiger partial charge in [-0.15, -0.1) is 0 Å². The first-order chi connectivity index (χ1) is 12.0. The van der Waals surface area contributed by atoms with E-state index in [4.69, 9.17) is 5.11 Å². The summed E-state index contributed by atoms with van der Waals surface area (Å²) < 4.78 is 0. The fraction of sp³-hybridized carbons (Fsp3) is 0.421. The topological polar surface area (TPSA) is 90.7 Å². The number of benzene rings is 1. The van der Waals surface area contributed by atoms with Gasteiger partial charge in [0.15, 0.2) is 5.60 Å². The van der Waals surface area contributed by atoms with Crippen LogP contribution < -0.4 is 0 Å². The predicted octanol–water partition coefficient (Wildman–Crippen LogP) is 2.16. The summed E-state index contributed by atoms with van der Waals surface area (Å²) in [5.41, 5.74) is 0.666. The molecule has 0 spiro atoms. The van der Waals surface area contributed by atoms with Gasteiger partial charge >= 0.3 is 5.97 Å². The Bertz CT molecular complexity index is 852. The zero-order chi connectivity index (χ0) is 17.6. The summed E-state index contributed by atoms with van der Waals surface area (Å²) in [7, 11) is 0. The van der Waals surface area contributed by atoms with Crippen LogP contribution in [0.15, 0.2) is 30.3 Å². The molecule has 1 saturated carbocycles. The van der Waals surface area contributed by atoms with E-state index in [2.05, 4.69) is 4.98 Å². The molecule has 2 N–H and O–H groups in total. The van der Waals surface area contributed by atoms with Crippen molar-refractivity contribution < 1.29 is 19.8 Å². The molecule has 2 aliphatic rings. The molecule has 1 aliphatic heterocycles. The zero-order valence-electron chi connectivity index (χ0n) is 13.8. The number of rotatable bonds is 3. The average Bonchev–Trinajstić information content (AvgIpc) is 3.46. The lowest BCUT2D eigenvalue weighted by Crippen LogP contribution is -2.50. The molecule has 1 aromatic carbocycles. The first-order valence-electron chi connectivity index (χ1n) is 8.63. The smallest absolute Gasteiger partial charge is 0.335 e. The lowest BCUT2D eigenvalue weighted by Gasteiger charge is -2.35. The monoisotopic (exact) mass is 340 g/mol. The second-order valence-electron chi connectivity index (χ2n) is 7.02. The van der Waals surface area contributed by atoms with Gasteiger partial charge in [-0.05, 0) is 25.0 Å². The molecule has 130 valence electrons. The number of hydrogen-bond acceptors (Lipinski definition) is 4. The highest BCUT2D eigenvalue weighted by Crippen LogP contribution is 2.40. The molecule has 0 bridgehead atoms. The molecule has 6 nitrogen and oxygen atoms in total. The van der Waals surface area contributed by atoms with E-state index in [0.29, 0.717) is 11.5 Å². The summed E-state index contributed by atoms with van der Waals surface area (Å²) in [6.07, 6.45) is 2.31. The molecule has 1 saturated heterocycles. The van der Waals surface area contributed by atoms with Crippen molar-refractivity contribution in [3.8, 4) is 0 Å². The summed E-state index contributed by atoms with van der Waals surface area (Å²) in [5.74, 6) is -0.896. The van der Waals surface area contributed by atoms with Gasteiger partial charge < -0.3 is 15.1 Å². The molecule has 1 amide bonds. The van der Waals surface area contributed by atoms with E-state index in [-0.39, 0.29) is 31.8 Å².